The van der Waals surface area contributed by atoms with Gasteiger partial charge in [-0.2, -0.15) is 0 Å². The van der Waals surface area contributed by atoms with Crippen molar-refractivity contribution in [3.8, 4) is 0 Å². The molecule has 0 saturated carbocycles. The number of carbonyl (C=O) groups excluding carboxylic acids is 1. The molecule has 0 bridgehead atoms. The molecule has 28 heavy (non-hydrogen) atoms. The second kappa shape index (κ2) is 8.10. The molecule has 0 spiro atoms. The van der Waals surface area contributed by atoms with Crippen LogP contribution in [0.3, 0.4) is 0 Å². The van der Waals surface area contributed by atoms with Crippen LogP contribution in [0.1, 0.15) is 11.1 Å². The van der Waals surface area contributed by atoms with Crippen LogP contribution in [-0.2, 0) is 17.8 Å². The van der Waals surface area contributed by atoms with Gasteiger partial charge < -0.3 is 4.57 Å². The van der Waals surface area contributed by atoms with Gasteiger partial charge in [0.25, 0.3) is 0 Å². The van der Waals surface area contributed by atoms with Crippen molar-refractivity contribution in [3.05, 3.63) is 93.3 Å². The molecule has 0 unspecified atom stereocenters. The Balaban J connectivity index is 1.61. The Morgan fingerprint density at radius 2 is 1.64 bits per heavy atom. The molecule has 1 N–H and O–H groups in total. The van der Waals surface area contributed by atoms with E-state index in [2.05, 4.69) is 57.2 Å². The molecule has 0 atom stereocenters. The Hall–Kier alpha value is -2.74. The van der Waals surface area contributed by atoms with Gasteiger partial charge in [-0.25, -0.2) is 9.37 Å². The van der Waals surface area contributed by atoms with Crippen molar-refractivity contribution in [2.45, 2.75) is 13.0 Å². The number of hydrogen-bond donors (Lipinski definition) is 1. The number of benzene rings is 3. The summed E-state index contributed by atoms with van der Waals surface area (Å²) >= 11 is 2.28. The smallest absolute Gasteiger partial charge is 0.231 e. The lowest BCUT2D eigenvalue weighted by Gasteiger charge is -2.11. The SMILES string of the molecule is O=C(Cc1ccc(F)cc1)Nc1nc2ccccc2n1Cc1ccc(I)cc1. The van der Waals surface area contributed by atoms with Crippen LogP contribution >= 0.6 is 22.6 Å². The maximum Gasteiger partial charge on any atom is 0.231 e. The third-order valence-corrected chi connectivity index (χ3v) is 5.16. The standard InChI is InChI=1S/C22H17FIN3O/c23-17-9-5-15(6-10-17)13-21(28)26-22-25-19-3-1-2-4-20(19)27(22)14-16-7-11-18(24)12-8-16/h1-12H,13-14H2,(H,25,26,28). The van der Waals surface area contributed by atoms with Gasteiger partial charge in [-0.1, -0.05) is 36.4 Å². The van der Waals surface area contributed by atoms with E-state index in [0.717, 1.165) is 22.2 Å². The molecule has 6 heteroatoms. The number of para-hydroxylation sites is 2. The Bertz CT molecular complexity index is 1120. The van der Waals surface area contributed by atoms with Gasteiger partial charge in [-0.05, 0) is 70.1 Å². The number of nitrogens with zero attached hydrogens (tertiary/aromatic N) is 2. The topological polar surface area (TPSA) is 46.9 Å². The summed E-state index contributed by atoms with van der Waals surface area (Å²) in [7, 11) is 0. The predicted molar refractivity (Wildman–Crippen MR) is 117 cm³/mol. The minimum Gasteiger partial charge on any atom is -0.305 e. The highest BCUT2D eigenvalue weighted by Crippen LogP contribution is 2.22. The van der Waals surface area contributed by atoms with Crippen molar-refractivity contribution in [1.29, 1.82) is 0 Å². The summed E-state index contributed by atoms with van der Waals surface area (Å²) in [5.41, 5.74) is 3.65. The Morgan fingerprint density at radius 1 is 0.964 bits per heavy atom. The van der Waals surface area contributed by atoms with Gasteiger partial charge in [0.05, 0.1) is 24.0 Å². The zero-order chi connectivity index (χ0) is 19.5. The summed E-state index contributed by atoms with van der Waals surface area (Å²) in [5, 5.41) is 2.91. The van der Waals surface area contributed by atoms with Gasteiger partial charge in [0.15, 0.2) is 0 Å². The van der Waals surface area contributed by atoms with Crippen LogP contribution in [0.4, 0.5) is 10.3 Å². The van der Waals surface area contributed by atoms with Crippen molar-refractivity contribution in [2.75, 3.05) is 5.32 Å². The Morgan fingerprint density at radius 3 is 2.39 bits per heavy atom. The van der Waals surface area contributed by atoms with Gasteiger partial charge in [0.1, 0.15) is 5.82 Å². The largest absolute Gasteiger partial charge is 0.305 e. The molecule has 4 nitrogen and oxygen atoms in total. The molecule has 0 aliphatic carbocycles. The highest BCUT2D eigenvalue weighted by Gasteiger charge is 2.14. The first-order chi connectivity index (χ1) is 13.6. The molecule has 1 aromatic heterocycles. The van der Waals surface area contributed by atoms with E-state index in [1.165, 1.54) is 15.7 Å². The number of halogens is 2. The second-order valence-corrected chi connectivity index (χ2v) is 7.73. The van der Waals surface area contributed by atoms with E-state index in [9.17, 15) is 9.18 Å². The number of carbonyl (C=O) groups is 1. The molecule has 0 saturated heterocycles. The number of nitrogens with one attached hydrogen (secondary N) is 1. The summed E-state index contributed by atoms with van der Waals surface area (Å²) in [6.07, 6.45) is 0.160. The van der Waals surface area contributed by atoms with Crippen LogP contribution in [0.5, 0.6) is 0 Å². The fraction of sp³-hybridized carbons (Fsp3) is 0.0909. The van der Waals surface area contributed by atoms with E-state index < -0.39 is 0 Å². The minimum absolute atomic E-state index is 0.160. The maximum atomic E-state index is 13.1. The van der Waals surface area contributed by atoms with Crippen LogP contribution in [0.25, 0.3) is 11.0 Å². The van der Waals surface area contributed by atoms with E-state index in [-0.39, 0.29) is 18.1 Å². The lowest BCUT2D eigenvalue weighted by Crippen LogP contribution is -2.18. The first-order valence-corrected chi connectivity index (χ1v) is 9.90. The lowest BCUT2D eigenvalue weighted by atomic mass is 10.1. The summed E-state index contributed by atoms with van der Waals surface area (Å²) in [6.45, 7) is 0.601. The zero-order valence-corrected chi connectivity index (χ0v) is 17.1. The molecule has 0 aliphatic heterocycles. The molecule has 0 aliphatic rings. The molecule has 4 aromatic rings. The highest BCUT2D eigenvalue weighted by atomic mass is 127. The monoisotopic (exact) mass is 485 g/mol. The third kappa shape index (κ3) is 4.22. The van der Waals surface area contributed by atoms with Crippen LogP contribution in [-0.4, -0.2) is 15.5 Å². The van der Waals surface area contributed by atoms with Crippen molar-refractivity contribution in [1.82, 2.24) is 9.55 Å². The number of anilines is 1. The van der Waals surface area contributed by atoms with Crippen molar-refractivity contribution >= 4 is 45.5 Å². The summed E-state index contributed by atoms with van der Waals surface area (Å²) in [6, 6.07) is 22.0. The van der Waals surface area contributed by atoms with E-state index in [4.69, 9.17) is 0 Å². The van der Waals surface area contributed by atoms with E-state index in [1.807, 2.05) is 28.8 Å². The molecule has 4 rings (SSSR count). The number of rotatable bonds is 5. The maximum absolute atomic E-state index is 13.1. The van der Waals surface area contributed by atoms with Gasteiger partial charge in [-0.15, -0.1) is 0 Å². The van der Waals surface area contributed by atoms with Crippen LogP contribution in [0.2, 0.25) is 0 Å². The molecular weight excluding hydrogens is 468 g/mol. The van der Waals surface area contributed by atoms with E-state index >= 15 is 0 Å². The summed E-state index contributed by atoms with van der Waals surface area (Å²) in [4.78, 5) is 17.1. The summed E-state index contributed by atoms with van der Waals surface area (Å²) in [5.74, 6) is 0.00103. The fourth-order valence-electron chi connectivity index (χ4n) is 3.06. The van der Waals surface area contributed by atoms with E-state index in [0.29, 0.717) is 12.5 Å². The van der Waals surface area contributed by atoms with Crippen LogP contribution in [0, 0.1) is 9.39 Å². The second-order valence-electron chi connectivity index (χ2n) is 6.49. The highest BCUT2D eigenvalue weighted by molar-refractivity contribution is 14.1. The number of fused-ring (bicyclic) bond motifs is 1. The lowest BCUT2D eigenvalue weighted by molar-refractivity contribution is -0.115. The molecule has 1 heterocycles. The number of imidazole rings is 1. The molecular formula is C22H17FIN3O. The van der Waals surface area contributed by atoms with Gasteiger partial charge in [0.2, 0.25) is 11.9 Å². The first kappa shape index (κ1) is 18.6. The molecule has 0 fully saturated rings. The molecule has 0 radical (unpaired) electrons. The van der Waals surface area contributed by atoms with Crippen molar-refractivity contribution < 1.29 is 9.18 Å². The fourth-order valence-corrected chi connectivity index (χ4v) is 3.42. The third-order valence-electron chi connectivity index (χ3n) is 4.44. The molecule has 140 valence electrons. The number of amides is 1. The molecule has 3 aromatic carbocycles. The zero-order valence-electron chi connectivity index (χ0n) is 14.9. The van der Waals surface area contributed by atoms with Gasteiger partial charge >= 0.3 is 0 Å². The van der Waals surface area contributed by atoms with Crippen LogP contribution in [0.15, 0.2) is 72.8 Å². The van der Waals surface area contributed by atoms with Gasteiger partial charge in [-0.3, -0.25) is 10.1 Å². The Labute approximate surface area is 175 Å². The van der Waals surface area contributed by atoms with Crippen molar-refractivity contribution in [3.63, 3.8) is 0 Å². The Kier molecular flexibility index (Phi) is 5.38. The quantitative estimate of drug-likeness (QED) is 0.404. The average molecular weight is 485 g/mol. The average Bonchev–Trinajstić information content (AvgIpc) is 3.02. The predicted octanol–water partition coefficient (Wildman–Crippen LogP) is 5.01. The number of hydrogen-bond acceptors (Lipinski definition) is 2. The minimum atomic E-state index is -0.316. The van der Waals surface area contributed by atoms with Crippen molar-refractivity contribution in [2.24, 2.45) is 0 Å². The summed E-state index contributed by atoms with van der Waals surface area (Å²) < 4.78 is 16.2. The van der Waals surface area contributed by atoms with E-state index in [1.54, 1.807) is 12.1 Å². The normalized spacial score (nSPS) is 10.9. The number of aromatic nitrogens is 2. The van der Waals surface area contributed by atoms with Crippen LogP contribution < -0.4 is 5.32 Å². The van der Waals surface area contributed by atoms with Gasteiger partial charge in [0, 0.05) is 3.57 Å². The molecule has 1 amide bonds. The first-order valence-electron chi connectivity index (χ1n) is 8.82.